The zero-order chi connectivity index (χ0) is 19.2. The molecule has 1 aromatic carbocycles. The Morgan fingerprint density at radius 2 is 1.81 bits per heavy atom. The predicted octanol–water partition coefficient (Wildman–Crippen LogP) is 2.69. The lowest BCUT2D eigenvalue weighted by molar-refractivity contribution is -0.137. The third-order valence-electron chi connectivity index (χ3n) is 3.96. The number of halogens is 4. The van der Waals surface area contributed by atoms with Gasteiger partial charge in [0, 0.05) is 19.6 Å². The molecule has 0 fully saturated rings. The second kappa shape index (κ2) is 10.4. The van der Waals surface area contributed by atoms with Crippen LogP contribution in [0.1, 0.15) is 36.2 Å². The predicted molar refractivity (Wildman–Crippen MR) is 96.1 cm³/mol. The number of nitrogens with zero attached hydrogens (tertiary/aromatic N) is 1. The fourth-order valence-electron chi connectivity index (χ4n) is 2.12. The van der Waals surface area contributed by atoms with Gasteiger partial charge >= 0.3 is 6.18 Å². The van der Waals surface area contributed by atoms with Crippen molar-refractivity contribution >= 4 is 24.2 Å². The first kappa shape index (κ1) is 24.2. The number of benzene rings is 1. The Kier molecular flexibility index (Phi) is 9.66. The monoisotopic (exact) mass is 395 g/mol. The third-order valence-corrected chi connectivity index (χ3v) is 3.96. The second-order valence-corrected chi connectivity index (χ2v) is 6.24. The van der Waals surface area contributed by atoms with E-state index in [1.54, 1.807) is 7.05 Å². The smallest absolute Gasteiger partial charge is 0.344 e. The summed E-state index contributed by atoms with van der Waals surface area (Å²) >= 11 is 0. The molecule has 0 aliphatic carbocycles. The van der Waals surface area contributed by atoms with Crippen molar-refractivity contribution in [1.82, 2.24) is 10.2 Å². The Morgan fingerprint density at radius 1 is 1.23 bits per heavy atom. The molecule has 9 heteroatoms. The SMILES string of the molecule is CC(C)C(N)CCN(C)C(=O)CNC(=O)c1ccccc1C(F)(F)F.Cl. The van der Waals surface area contributed by atoms with Crippen molar-refractivity contribution in [3.05, 3.63) is 35.4 Å². The number of rotatable bonds is 7. The van der Waals surface area contributed by atoms with Crippen LogP contribution in [0.5, 0.6) is 0 Å². The first-order valence-corrected chi connectivity index (χ1v) is 7.98. The molecule has 1 aromatic rings. The summed E-state index contributed by atoms with van der Waals surface area (Å²) in [6.07, 6.45) is -4.04. The van der Waals surface area contributed by atoms with Gasteiger partial charge in [0.2, 0.25) is 5.91 Å². The van der Waals surface area contributed by atoms with Gasteiger partial charge in [-0.2, -0.15) is 13.2 Å². The molecule has 0 aliphatic heterocycles. The van der Waals surface area contributed by atoms with Crippen LogP contribution in [0.2, 0.25) is 0 Å². The number of hydrogen-bond acceptors (Lipinski definition) is 3. The molecule has 3 N–H and O–H groups in total. The summed E-state index contributed by atoms with van der Waals surface area (Å²) in [5, 5.41) is 2.24. The zero-order valence-corrected chi connectivity index (χ0v) is 15.8. The Bertz CT molecular complexity index is 609. The molecule has 2 amide bonds. The first-order chi connectivity index (χ1) is 11.5. The number of carbonyl (C=O) groups is 2. The topological polar surface area (TPSA) is 75.4 Å². The Hall–Kier alpha value is -1.80. The number of amides is 2. The number of hydrogen-bond donors (Lipinski definition) is 2. The Balaban J connectivity index is 0.00000625. The van der Waals surface area contributed by atoms with Crippen LogP contribution in [-0.2, 0) is 11.0 Å². The average molecular weight is 396 g/mol. The van der Waals surface area contributed by atoms with Crippen LogP contribution in [0.3, 0.4) is 0 Å². The van der Waals surface area contributed by atoms with E-state index in [1.165, 1.54) is 17.0 Å². The number of nitrogens with one attached hydrogen (secondary N) is 1. The molecule has 0 aromatic heterocycles. The molecule has 0 aliphatic rings. The van der Waals surface area contributed by atoms with E-state index in [-0.39, 0.29) is 30.9 Å². The van der Waals surface area contributed by atoms with Gasteiger partial charge in [-0.25, -0.2) is 0 Å². The van der Waals surface area contributed by atoms with E-state index in [1.807, 2.05) is 13.8 Å². The molecular weight excluding hydrogens is 371 g/mol. The standard InChI is InChI=1S/C17H24F3N3O2.ClH/c1-11(2)14(21)8-9-23(3)15(24)10-22-16(25)12-6-4-5-7-13(12)17(18,19)20;/h4-7,11,14H,8-10,21H2,1-3H3,(H,22,25);1H. The van der Waals surface area contributed by atoms with E-state index in [9.17, 15) is 22.8 Å². The highest BCUT2D eigenvalue weighted by Gasteiger charge is 2.34. The normalized spacial score (nSPS) is 12.3. The fraction of sp³-hybridized carbons (Fsp3) is 0.529. The summed E-state index contributed by atoms with van der Waals surface area (Å²) in [5.41, 5.74) is 4.37. The molecule has 1 atom stereocenters. The molecule has 0 heterocycles. The highest BCUT2D eigenvalue weighted by Crippen LogP contribution is 2.31. The molecule has 0 spiro atoms. The summed E-state index contributed by atoms with van der Waals surface area (Å²) in [4.78, 5) is 25.4. The van der Waals surface area contributed by atoms with Gasteiger partial charge in [0.05, 0.1) is 17.7 Å². The highest BCUT2D eigenvalue weighted by molar-refractivity contribution is 5.97. The molecule has 0 bridgehead atoms. The molecular formula is C17H25ClF3N3O2. The highest BCUT2D eigenvalue weighted by atomic mass is 35.5. The maximum atomic E-state index is 12.9. The van der Waals surface area contributed by atoms with Crippen LogP contribution in [0.25, 0.3) is 0 Å². The van der Waals surface area contributed by atoms with Gasteiger partial charge in [0.15, 0.2) is 0 Å². The van der Waals surface area contributed by atoms with Gasteiger partial charge < -0.3 is 16.0 Å². The average Bonchev–Trinajstić information content (AvgIpc) is 2.55. The fourth-order valence-corrected chi connectivity index (χ4v) is 2.12. The van der Waals surface area contributed by atoms with Crippen LogP contribution < -0.4 is 11.1 Å². The van der Waals surface area contributed by atoms with Gasteiger partial charge in [0.25, 0.3) is 5.91 Å². The lowest BCUT2D eigenvalue weighted by atomic mass is 10.0. The van der Waals surface area contributed by atoms with Crippen LogP contribution in [0.4, 0.5) is 13.2 Å². The molecule has 148 valence electrons. The zero-order valence-electron chi connectivity index (χ0n) is 15.0. The maximum absolute atomic E-state index is 12.9. The van der Waals surface area contributed by atoms with E-state index in [4.69, 9.17) is 5.73 Å². The number of likely N-dealkylation sites (N-methyl/N-ethyl adjacent to an activating group) is 1. The Labute approximate surface area is 157 Å². The lowest BCUT2D eigenvalue weighted by Gasteiger charge is -2.22. The van der Waals surface area contributed by atoms with Gasteiger partial charge in [-0.15, -0.1) is 12.4 Å². The minimum atomic E-state index is -4.64. The van der Waals surface area contributed by atoms with Gasteiger partial charge in [-0.3, -0.25) is 9.59 Å². The molecule has 0 saturated heterocycles. The minimum absolute atomic E-state index is 0. The second-order valence-electron chi connectivity index (χ2n) is 6.24. The number of carbonyl (C=O) groups excluding carboxylic acids is 2. The molecule has 1 rings (SSSR count). The minimum Gasteiger partial charge on any atom is -0.344 e. The molecule has 5 nitrogen and oxygen atoms in total. The Morgan fingerprint density at radius 3 is 2.35 bits per heavy atom. The van der Waals surface area contributed by atoms with E-state index >= 15 is 0 Å². The van der Waals surface area contributed by atoms with E-state index in [0.29, 0.717) is 13.0 Å². The van der Waals surface area contributed by atoms with Crippen LogP contribution in [0, 0.1) is 5.92 Å². The third kappa shape index (κ3) is 7.21. The van der Waals surface area contributed by atoms with Crippen LogP contribution in [-0.4, -0.2) is 42.9 Å². The van der Waals surface area contributed by atoms with Crippen LogP contribution in [0.15, 0.2) is 24.3 Å². The van der Waals surface area contributed by atoms with Crippen LogP contribution >= 0.6 is 12.4 Å². The molecule has 0 saturated carbocycles. The van der Waals surface area contributed by atoms with Crippen molar-refractivity contribution < 1.29 is 22.8 Å². The van der Waals surface area contributed by atoms with E-state index < -0.39 is 29.1 Å². The van der Waals surface area contributed by atoms with Crippen molar-refractivity contribution in [1.29, 1.82) is 0 Å². The lowest BCUT2D eigenvalue weighted by Crippen LogP contribution is -2.40. The van der Waals surface area contributed by atoms with Crippen molar-refractivity contribution in [3.8, 4) is 0 Å². The summed E-state index contributed by atoms with van der Waals surface area (Å²) < 4.78 is 38.7. The molecule has 0 radical (unpaired) electrons. The van der Waals surface area contributed by atoms with Crippen molar-refractivity contribution in [3.63, 3.8) is 0 Å². The van der Waals surface area contributed by atoms with Crippen molar-refractivity contribution in [2.75, 3.05) is 20.1 Å². The summed E-state index contributed by atoms with van der Waals surface area (Å²) in [6.45, 7) is 3.99. The van der Waals surface area contributed by atoms with E-state index in [0.717, 1.165) is 12.1 Å². The van der Waals surface area contributed by atoms with E-state index in [2.05, 4.69) is 5.32 Å². The number of nitrogens with two attached hydrogens (primary N) is 1. The summed E-state index contributed by atoms with van der Waals surface area (Å²) in [6, 6.07) is 4.40. The quantitative estimate of drug-likeness (QED) is 0.745. The van der Waals surface area contributed by atoms with Gasteiger partial charge in [-0.05, 0) is 24.5 Å². The largest absolute Gasteiger partial charge is 0.417 e. The van der Waals surface area contributed by atoms with Crippen molar-refractivity contribution in [2.45, 2.75) is 32.5 Å². The van der Waals surface area contributed by atoms with Gasteiger partial charge in [0.1, 0.15) is 0 Å². The first-order valence-electron chi connectivity index (χ1n) is 7.98. The molecule has 26 heavy (non-hydrogen) atoms. The van der Waals surface area contributed by atoms with Crippen molar-refractivity contribution in [2.24, 2.45) is 11.7 Å². The summed E-state index contributed by atoms with van der Waals surface area (Å²) in [5.74, 6) is -1.05. The van der Waals surface area contributed by atoms with Gasteiger partial charge in [-0.1, -0.05) is 26.0 Å². The molecule has 1 unspecified atom stereocenters. The summed E-state index contributed by atoms with van der Waals surface area (Å²) in [7, 11) is 1.56. The maximum Gasteiger partial charge on any atom is 0.417 e. The number of alkyl halides is 3.